The van der Waals surface area contributed by atoms with Gasteiger partial charge >= 0.3 is 5.97 Å². The summed E-state index contributed by atoms with van der Waals surface area (Å²) < 4.78 is 10.4. The van der Waals surface area contributed by atoms with Crippen LogP contribution in [-0.2, 0) is 4.79 Å². The van der Waals surface area contributed by atoms with Gasteiger partial charge in [-0.2, -0.15) is 5.10 Å². The van der Waals surface area contributed by atoms with Gasteiger partial charge in [0.1, 0.15) is 11.5 Å². The summed E-state index contributed by atoms with van der Waals surface area (Å²) >= 11 is 5.18. The molecule has 0 heterocycles. The van der Waals surface area contributed by atoms with Crippen LogP contribution in [0.5, 0.6) is 11.5 Å². The quantitative estimate of drug-likeness (QED) is 0.397. The maximum Gasteiger partial charge on any atom is 0.341 e. The molecule has 3 N–H and O–H groups in total. The Morgan fingerprint density at radius 3 is 2.60 bits per heavy atom. The molecular weight excluding hydrogens is 342 g/mol. The number of methoxy groups -OCH3 is 1. The summed E-state index contributed by atoms with van der Waals surface area (Å²) in [6.07, 6.45) is 1.49. The number of thiocarbonyl (C=S) groups is 1. The number of hydrazone groups is 1. The number of anilines is 1. The first-order valence-corrected chi connectivity index (χ1v) is 7.67. The predicted molar refractivity (Wildman–Crippen MR) is 99.5 cm³/mol. The van der Waals surface area contributed by atoms with Crippen molar-refractivity contribution < 1.29 is 19.4 Å². The van der Waals surface area contributed by atoms with Crippen LogP contribution < -0.4 is 20.2 Å². The number of rotatable bonds is 7. The van der Waals surface area contributed by atoms with Crippen LogP contribution in [0.2, 0.25) is 0 Å². The molecule has 0 aliphatic heterocycles. The van der Waals surface area contributed by atoms with Crippen LogP contribution in [0.4, 0.5) is 5.69 Å². The summed E-state index contributed by atoms with van der Waals surface area (Å²) in [5.41, 5.74) is 4.02. The van der Waals surface area contributed by atoms with Crippen molar-refractivity contribution in [2.24, 2.45) is 5.10 Å². The lowest BCUT2D eigenvalue weighted by atomic mass is 10.2. The van der Waals surface area contributed by atoms with Crippen molar-refractivity contribution in [3.8, 4) is 11.5 Å². The number of benzene rings is 2. The van der Waals surface area contributed by atoms with E-state index in [4.69, 9.17) is 26.8 Å². The summed E-state index contributed by atoms with van der Waals surface area (Å²) in [5, 5.41) is 16.0. The summed E-state index contributed by atoms with van der Waals surface area (Å²) in [6.45, 7) is -0.425. The van der Waals surface area contributed by atoms with Gasteiger partial charge in [-0.05, 0) is 36.5 Å². The van der Waals surface area contributed by atoms with Gasteiger partial charge in [-0.3, -0.25) is 5.43 Å². The molecule has 0 atom stereocenters. The zero-order valence-corrected chi connectivity index (χ0v) is 14.2. The zero-order valence-electron chi connectivity index (χ0n) is 13.4. The molecule has 0 unspecified atom stereocenters. The Bertz CT molecular complexity index is 780. The molecule has 7 nitrogen and oxygen atoms in total. The molecule has 130 valence electrons. The lowest BCUT2D eigenvalue weighted by molar-refractivity contribution is -0.139. The summed E-state index contributed by atoms with van der Waals surface area (Å²) in [7, 11) is 1.57. The molecular formula is C17H17N3O4S. The van der Waals surface area contributed by atoms with Gasteiger partial charge in [0.05, 0.1) is 19.0 Å². The molecule has 0 fully saturated rings. The van der Waals surface area contributed by atoms with Crippen molar-refractivity contribution in [3.05, 3.63) is 54.1 Å². The molecule has 0 aliphatic rings. The number of carboxylic acids is 1. The number of nitrogens with zero attached hydrogens (tertiary/aromatic N) is 1. The molecule has 0 radical (unpaired) electrons. The van der Waals surface area contributed by atoms with Crippen LogP contribution in [0.1, 0.15) is 5.56 Å². The maximum atomic E-state index is 10.6. The fraction of sp³-hybridized carbons (Fsp3) is 0.118. The highest BCUT2D eigenvalue weighted by atomic mass is 32.1. The van der Waals surface area contributed by atoms with Gasteiger partial charge in [0.15, 0.2) is 11.7 Å². The summed E-state index contributed by atoms with van der Waals surface area (Å²) in [4.78, 5) is 10.6. The lowest BCUT2D eigenvalue weighted by Gasteiger charge is -2.11. The van der Waals surface area contributed by atoms with E-state index in [0.717, 1.165) is 0 Å². The highest BCUT2D eigenvalue weighted by Crippen LogP contribution is 2.22. The van der Waals surface area contributed by atoms with Crippen molar-refractivity contribution in [1.29, 1.82) is 0 Å². The minimum absolute atomic E-state index is 0.282. The Morgan fingerprint density at radius 1 is 1.20 bits per heavy atom. The SMILES string of the molecule is COc1ccccc1NC(=S)N/N=C\c1ccccc1OCC(=O)O. The summed E-state index contributed by atoms with van der Waals surface area (Å²) in [6, 6.07) is 14.3. The number of carbonyl (C=O) groups is 1. The van der Waals surface area contributed by atoms with Crippen molar-refractivity contribution >= 4 is 35.2 Å². The molecule has 2 aromatic rings. The minimum atomic E-state index is -1.05. The Kier molecular flexibility index (Phi) is 6.73. The van der Waals surface area contributed by atoms with Crippen molar-refractivity contribution in [2.45, 2.75) is 0 Å². The number of hydrogen-bond acceptors (Lipinski definition) is 5. The minimum Gasteiger partial charge on any atom is -0.495 e. The van der Waals surface area contributed by atoms with Gasteiger partial charge in [0.2, 0.25) is 0 Å². The van der Waals surface area contributed by atoms with E-state index in [1.807, 2.05) is 24.3 Å². The second kappa shape index (κ2) is 9.24. The first-order chi connectivity index (χ1) is 12.1. The van der Waals surface area contributed by atoms with Gasteiger partial charge < -0.3 is 19.9 Å². The van der Waals surface area contributed by atoms with E-state index in [2.05, 4.69) is 15.8 Å². The molecule has 2 rings (SSSR count). The third-order valence-electron chi connectivity index (χ3n) is 3.00. The predicted octanol–water partition coefficient (Wildman–Crippen LogP) is 2.48. The first kappa shape index (κ1) is 18.2. The topological polar surface area (TPSA) is 92.2 Å². The van der Waals surface area contributed by atoms with Crippen LogP contribution in [0.25, 0.3) is 0 Å². The van der Waals surface area contributed by atoms with Crippen LogP contribution >= 0.6 is 12.2 Å². The average molecular weight is 359 g/mol. The van der Waals surface area contributed by atoms with E-state index in [0.29, 0.717) is 22.7 Å². The normalized spacial score (nSPS) is 10.3. The molecule has 2 aromatic carbocycles. The number of carboxylic acid groups (broad SMARTS) is 1. The molecule has 25 heavy (non-hydrogen) atoms. The monoisotopic (exact) mass is 359 g/mol. The standard InChI is InChI=1S/C17H17N3O4S/c1-23-15-9-5-3-7-13(15)19-17(25)20-18-10-12-6-2-4-8-14(12)24-11-16(21)22/h2-10H,11H2,1H3,(H,21,22)(H2,19,20,25)/b18-10-. The number of ether oxygens (including phenoxy) is 2. The smallest absolute Gasteiger partial charge is 0.341 e. The van der Waals surface area contributed by atoms with Crippen molar-refractivity contribution in [3.63, 3.8) is 0 Å². The first-order valence-electron chi connectivity index (χ1n) is 7.27. The average Bonchev–Trinajstić information content (AvgIpc) is 2.61. The lowest BCUT2D eigenvalue weighted by Crippen LogP contribution is -2.24. The molecule has 0 amide bonds. The Morgan fingerprint density at radius 2 is 1.88 bits per heavy atom. The third kappa shape index (κ3) is 5.78. The van der Waals surface area contributed by atoms with Gasteiger partial charge in [-0.25, -0.2) is 4.79 Å². The van der Waals surface area contributed by atoms with E-state index in [-0.39, 0.29) is 5.11 Å². The van der Waals surface area contributed by atoms with Gasteiger partial charge in [-0.15, -0.1) is 0 Å². The van der Waals surface area contributed by atoms with E-state index in [1.165, 1.54) is 6.21 Å². The Balaban J connectivity index is 1.96. The molecule has 8 heteroatoms. The van der Waals surface area contributed by atoms with Crippen LogP contribution in [-0.4, -0.2) is 36.1 Å². The largest absolute Gasteiger partial charge is 0.495 e. The van der Waals surface area contributed by atoms with Crippen LogP contribution in [0.3, 0.4) is 0 Å². The molecule has 0 spiro atoms. The number of nitrogens with one attached hydrogen (secondary N) is 2. The van der Waals surface area contributed by atoms with Crippen LogP contribution in [0.15, 0.2) is 53.6 Å². The highest BCUT2D eigenvalue weighted by molar-refractivity contribution is 7.80. The molecule has 0 aromatic heterocycles. The van der Waals surface area contributed by atoms with Gasteiger partial charge in [0, 0.05) is 5.56 Å². The van der Waals surface area contributed by atoms with Crippen molar-refractivity contribution in [1.82, 2.24) is 5.43 Å². The van der Waals surface area contributed by atoms with Crippen LogP contribution in [0, 0.1) is 0 Å². The highest BCUT2D eigenvalue weighted by Gasteiger charge is 2.05. The van der Waals surface area contributed by atoms with E-state index in [1.54, 1.807) is 31.4 Å². The number of hydrogen-bond donors (Lipinski definition) is 3. The summed E-state index contributed by atoms with van der Waals surface area (Å²) in [5.74, 6) is 0.0224. The van der Waals surface area contributed by atoms with Gasteiger partial charge in [0.25, 0.3) is 0 Å². The second-order valence-corrected chi connectivity index (χ2v) is 5.15. The fourth-order valence-electron chi connectivity index (χ4n) is 1.92. The Hall–Kier alpha value is -3.13. The maximum absolute atomic E-state index is 10.6. The van der Waals surface area contributed by atoms with Gasteiger partial charge in [-0.1, -0.05) is 24.3 Å². The second-order valence-electron chi connectivity index (χ2n) is 4.74. The molecule has 0 saturated heterocycles. The fourth-order valence-corrected chi connectivity index (χ4v) is 2.08. The molecule has 0 aliphatic carbocycles. The van der Waals surface area contributed by atoms with Crippen molar-refractivity contribution in [2.75, 3.05) is 19.0 Å². The number of para-hydroxylation sites is 3. The van der Waals surface area contributed by atoms with E-state index < -0.39 is 12.6 Å². The Labute approximate surface area is 150 Å². The number of aliphatic carboxylic acids is 1. The van der Waals surface area contributed by atoms with E-state index >= 15 is 0 Å². The van der Waals surface area contributed by atoms with E-state index in [9.17, 15) is 4.79 Å². The molecule has 0 saturated carbocycles. The molecule has 0 bridgehead atoms. The zero-order chi connectivity index (χ0) is 18.1. The third-order valence-corrected chi connectivity index (χ3v) is 3.19.